The van der Waals surface area contributed by atoms with Gasteiger partial charge in [0.05, 0.1) is 0 Å². The first-order chi connectivity index (χ1) is 13.4. The number of phenols is 1. The van der Waals surface area contributed by atoms with Gasteiger partial charge in [0.15, 0.2) is 6.10 Å². The van der Waals surface area contributed by atoms with Gasteiger partial charge in [-0.25, -0.2) is 5.10 Å². The van der Waals surface area contributed by atoms with E-state index < -0.39 is 6.10 Å². The lowest BCUT2D eigenvalue weighted by atomic mass is 10.0. The van der Waals surface area contributed by atoms with Gasteiger partial charge in [-0.1, -0.05) is 0 Å². The Hall–Kier alpha value is -3.36. The smallest absolute Gasteiger partial charge is 0.271 e. The van der Waals surface area contributed by atoms with Gasteiger partial charge in [0.1, 0.15) is 17.2 Å². The zero-order chi connectivity index (χ0) is 20.1. The first-order valence-electron chi connectivity index (χ1n) is 9.03. The molecule has 2 heterocycles. The number of hydrogen-bond acceptors (Lipinski definition) is 6. The Bertz CT molecular complexity index is 867. The van der Waals surface area contributed by atoms with Crippen LogP contribution in [-0.4, -0.2) is 57.3 Å². The topological polar surface area (TPSA) is 125 Å². The molecule has 0 aliphatic carbocycles. The van der Waals surface area contributed by atoms with Crippen molar-refractivity contribution in [3.05, 3.63) is 52.4 Å². The fourth-order valence-corrected chi connectivity index (χ4v) is 3.01. The summed E-state index contributed by atoms with van der Waals surface area (Å²) in [7, 11) is 0. The number of carbonyl (C=O) groups is 2. The molecule has 1 aliphatic rings. The van der Waals surface area contributed by atoms with Gasteiger partial charge in [-0.3, -0.25) is 14.4 Å². The van der Waals surface area contributed by atoms with Crippen LogP contribution in [0.2, 0.25) is 0 Å². The highest BCUT2D eigenvalue weighted by atomic mass is 16.5. The van der Waals surface area contributed by atoms with E-state index >= 15 is 0 Å². The Balaban J connectivity index is 1.48. The van der Waals surface area contributed by atoms with Gasteiger partial charge in [-0.05, 0) is 50.1 Å². The summed E-state index contributed by atoms with van der Waals surface area (Å²) >= 11 is 0. The number of benzene rings is 1. The molecule has 1 saturated heterocycles. The van der Waals surface area contributed by atoms with Crippen LogP contribution in [0.25, 0.3) is 0 Å². The molecule has 0 bridgehead atoms. The highest BCUT2D eigenvalue weighted by Gasteiger charge is 2.28. The van der Waals surface area contributed by atoms with Crippen molar-refractivity contribution in [1.29, 1.82) is 0 Å². The number of phenolic OH excluding ortho intramolecular Hbond substituents is 1. The largest absolute Gasteiger partial charge is 0.508 e. The maximum Gasteiger partial charge on any atom is 0.271 e. The summed E-state index contributed by atoms with van der Waals surface area (Å²) in [5, 5.41) is 18.1. The molecule has 3 N–H and O–H groups in total. The van der Waals surface area contributed by atoms with Crippen LogP contribution in [0.1, 0.15) is 30.3 Å². The minimum absolute atomic E-state index is 0.0707. The number of piperidine rings is 1. The van der Waals surface area contributed by atoms with E-state index in [0.29, 0.717) is 31.7 Å². The molecule has 0 saturated carbocycles. The van der Waals surface area contributed by atoms with E-state index in [0.717, 1.165) is 0 Å². The van der Waals surface area contributed by atoms with Crippen molar-refractivity contribution in [3.63, 3.8) is 0 Å². The SMILES string of the molecule is CC(Oc1ccc(O)cc1)C(=O)N1CCC(NC(=O)c2ccc(=O)[nH]n2)CC1. The predicted octanol–water partition coefficient (Wildman–Crippen LogP) is 0.664. The Morgan fingerprint density at radius 3 is 2.50 bits per heavy atom. The number of H-pyrrole nitrogens is 1. The summed E-state index contributed by atoms with van der Waals surface area (Å²) < 4.78 is 5.63. The molecule has 9 nitrogen and oxygen atoms in total. The fourth-order valence-electron chi connectivity index (χ4n) is 3.01. The molecule has 1 aromatic heterocycles. The molecule has 1 fully saturated rings. The molecule has 1 unspecified atom stereocenters. The van der Waals surface area contributed by atoms with Gasteiger partial charge in [0.2, 0.25) is 0 Å². The lowest BCUT2D eigenvalue weighted by Gasteiger charge is -2.33. The van der Waals surface area contributed by atoms with E-state index in [9.17, 15) is 19.5 Å². The van der Waals surface area contributed by atoms with Crippen LogP contribution < -0.4 is 15.6 Å². The van der Waals surface area contributed by atoms with E-state index in [4.69, 9.17) is 4.74 Å². The van der Waals surface area contributed by atoms with Crippen LogP contribution in [0.3, 0.4) is 0 Å². The number of aromatic nitrogens is 2. The van der Waals surface area contributed by atoms with Gasteiger partial charge in [0.25, 0.3) is 17.4 Å². The molecule has 2 aromatic rings. The van der Waals surface area contributed by atoms with Crippen LogP contribution in [0.4, 0.5) is 0 Å². The molecule has 148 valence electrons. The number of likely N-dealkylation sites (tertiary alicyclic amines) is 1. The van der Waals surface area contributed by atoms with Crippen molar-refractivity contribution in [2.45, 2.75) is 31.9 Å². The van der Waals surface area contributed by atoms with Gasteiger partial charge in [-0.2, -0.15) is 5.10 Å². The van der Waals surface area contributed by atoms with Gasteiger partial charge in [0, 0.05) is 25.2 Å². The van der Waals surface area contributed by atoms with E-state index in [1.165, 1.54) is 24.3 Å². The summed E-state index contributed by atoms with van der Waals surface area (Å²) in [5.74, 6) is 0.159. The predicted molar refractivity (Wildman–Crippen MR) is 100 cm³/mol. The number of nitrogens with one attached hydrogen (secondary N) is 2. The molecular formula is C19H22N4O5. The van der Waals surface area contributed by atoms with Crippen molar-refractivity contribution < 1.29 is 19.4 Å². The summed E-state index contributed by atoms with van der Waals surface area (Å²) in [6.07, 6.45) is 0.584. The summed E-state index contributed by atoms with van der Waals surface area (Å²) in [4.78, 5) is 37.5. The highest BCUT2D eigenvalue weighted by molar-refractivity contribution is 5.92. The van der Waals surface area contributed by atoms with Crippen molar-refractivity contribution >= 4 is 11.8 Å². The molecule has 9 heteroatoms. The third-order valence-electron chi connectivity index (χ3n) is 4.55. The maximum atomic E-state index is 12.6. The lowest BCUT2D eigenvalue weighted by molar-refractivity contribution is -0.139. The Kier molecular flexibility index (Phi) is 5.93. The van der Waals surface area contributed by atoms with E-state index in [2.05, 4.69) is 15.5 Å². The Morgan fingerprint density at radius 1 is 1.21 bits per heavy atom. The molecule has 0 spiro atoms. The molecule has 0 radical (unpaired) electrons. The summed E-state index contributed by atoms with van der Waals surface area (Å²) in [5.41, 5.74) is -0.221. The van der Waals surface area contributed by atoms with E-state index in [-0.39, 0.29) is 34.9 Å². The molecule has 1 aromatic carbocycles. The van der Waals surface area contributed by atoms with Crippen LogP contribution in [-0.2, 0) is 4.79 Å². The first-order valence-corrected chi connectivity index (χ1v) is 9.03. The van der Waals surface area contributed by atoms with Crippen LogP contribution >= 0.6 is 0 Å². The first kappa shape index (κ1) is 19.4. The molecule has 3 rings (SSSR count). The summed E-state index contributed by atoms with van der Waals surface area (Å²) in [6.45, 7) is 2.70. The molecule has 1 aliphatic heterocycles. The second-order valence-corrected chi connectivity index (χ2v) is 6.63. The number of rotatable bonds is 5. The Labute approximate surface area is 161 Å². The number of hydrogen-bond donors (Lipinski definition) is 3. The molecule has 28 heavy (non-hydrogen) atoms. The minimum atomic E-state index is -0.652. The average molecular weight is 386 g/mol. The van der Waals surface area contributed by atoms with Crippen molar-refractivity contribution in [2.24, 2.45) is 0 Å². The third-order valence-corrected chi connectivity index (χ3v) is 4.55. The normalized spacial score (nSPS) is 15.7. The number of ether oxygens (including phenoxy) is 1. The molecular weight excluding hydrogens is 364 g/mol. The van der Waals surface area contributed by atoms with Gasteiger partial charge >= 0.3 is 0 Å². The summed E-state index contributed by atoms with van der Waals surface area (Å²) in [6, 6.07) is 8.75. The zero-order valence-corrected chi connectivity index (χ0v) is 15.4. The lowest BCUT2D eigenvalue weighted by Crippen LogP contribution is -2.49. The number of carbonyl (C=O) groups excluding carboxylic acids is 2. The fraction of sp³-hybridized carbons (Fsp3) is 0.368. The zero-order valence-electron chi connectivity index (χ0n) is 15.4. The number of amides is 2. The Morgan fingerprint density at radius 2 is 1.89 bits per heavy atom. The minimum Gasteiger partial charge on any atom is -0.508 e. The van der Waals surface area contributed by atoms with E-state index in [1.54, 1.807) is 24.0 Å². The second-order valence-electron chi connectivity index (χ2n) is 6.63. The quantitative estimate of drug-likeness (QED) is 0.693. The maximum absolute atomic E-state index is 12.6. The van der Waals surface area contributed by atoms with Gasteiger partial charge < -0.3 is 20.1 Å². The second kappa shape index (κ2) is 8.55. The average Bonchev–Trinajstić information content (AvgIpc) is 2.70. The van der Waals surface area contributed by atoms with E-state index in [1.807, 2.05) is 0 Å². The standard InChI is InChI=1S/C19H22N4O5/c1-12(28-15-4-2-14(24)3-5-15)19(27)23-10-8-13(9-11-23)20-18(26)16-6-7-17(25)22-21-16/h2-7,12-13,24H,8-11H2,1H3,(H,20,26)(H,22,25). The van der Waals surface area contributed by atoms with Crippen molar-refractivity contribution in [2.75, 3.05) is 13.1 Å². The highest BCUT2D eigenvalue weighted by Crippen LogP contribution is 2.19. The van der Waals surface area contributed by atoms with Crippen LogP contribution in [0, 0.1) is 0 Å². The monoisotopic (exact) mass is 386 g/mol. The number of aromatic amines is 1. The van der Waals surface area contributed by atoms with Crippen LogP contribution in [0.5, 0.6) is 11.5 Å². The van der Waals surface area contributed by atoms with Crippen LogP contribution in [0.15, 0.2) is 41.2 Å². The van der Waals surface area contributed by atoms with Crippen molar-refractivity contribution in [1.82, 2.24) is 20.4 Å². The van der Waals surface area contributed by atoms with Crippen molar-refractivity contribution in [3.8, 4) is 11.5 Å². The molecule has 2 amide bonds. The third kappa shape index (κ3) is 4.87. The number of nitrogens with zero attached hydrogens (tertiary/aromatic N) is 2. The molecule has 1 atom stereocenters. The van der Waals surface area contributed by atoms with Gasteiger partial charge in [-0.15, -0.1) is 0 Å². The number of aromatic hydroxyl groups is 1.